The van der Waals surface area contributed by atoms with E-state index in [4.69, 9.17) is 4.74 Å². The molecule has 0 amide bonds. The lowest BCUT2D eigenvalue weighted by Crippen LogP contribution is -2.22. The summed E-state index contributed by atoms with van der Waals surface area (Å²) in [7, 11) is 1.29. The summed E-state index contributed by atoms with van der Waals surface area (Å²) < 4.78 is 73.2. The zero-order valence-corrected chi connectivity index (χ0v) is 18.6. The molecule has 0 unspecified atom stereocenters. The first-order chi connectivity index (χ1) is 17.2. The average molecular weight is 500 g/mol. The number of alkyl halides is 3. The Labute approximate surface area is 201 Å². The van der Waals surface area contributed by atoms with Crippen LogP contribution in [-0.2, 0) is 19.3 Å². The lowest BCUT2D eigenvalue weighted by Gasteiger charge is -2.20. The molecule has 4 aromatic rings. The van der Waals surface area contributed by atoms with Gasteiger partial charge in [-0.05, 0) is 42.5 Å². The van der Waals surface area contributed by atoms with E-state index in [0.717, 1.165) is 12.1 Å². The van der Waals surface area contributed by atoms with Gasteiger partial charge >= 0.3 is 6.18 Å². The lowest BCUT2D eigenvalue weighted by molar-refractivity contribution is -0.137. The number of aromatic nitrogens is 4. The standard InChI is InChI=1S/C24H17F5N6O/c1-36-14-6-7-15(17(9-14)24(27,28)29)19-8-5-13(33-34-19)11-35-12-21-20(10-30-35)31-23(32-21)16-3-2-4-18(25)22(16)26/h2-10H,11-12H2,1H3,(H,31,32). The Kier molecular flexibility index (Phi) is 5.86. The lowest BCUT2D eigenvalue weighted by atomic mass is 10.0. The Morgan fingerprint density at radius 3 is 2.58 bits per heavy atom. The molecule has 12 heteroatoms. The number of hydrogen-bond donors (Lipinski definition) is 1. The average Bonchev–Trinajstić information content (AvgIpc) is 3.28. The molecule has 0 bridgehead atoms. The Morgan fingerprint density at radius 2 is 1.86 bits per heavy atom. The zero-order valence-electron chi connectivity index (χ0n) is 18.6. The summed E-state index contributed by atoms with van der Waals surface area (Å²) in [6.45, 7) is 0.452. The molecule has 2 aromatic heterocycles. The number of benzene rings is 2. The molecular formula is C24H17F5N6O. The van der Waals surface area contributed by atoms with Crippen molar-refractivity contribution in [3.05, 3.63) is 82.8 Å². The van der Waals surface area contributed by atoms with E-state index in [2.05, 4.69) is 25.3 Å². The van der Waals surface area contributed by atoms with E-state index >= 15 is 0 Å². The number of nitrogens with one attached hydrogen (secondary N) is 1. The highest BCUT2D eigenvalue weighted by molar-refractivity contribution is 5.80. The van der Waals surface area contributed by atoms with Gasteiger partial charge in [0.2, 0.25) is 0 Å². The number of halogens is 5. The molecule has 1 aliphatic heterocycles. The fourth-order valence-electron chi connectivity index (χ4n) is 3.80. The van der Waals surface area contributed by atoms with Gasteiger partial charge in [0.1, 0.15) is 11.6 Å². The molecule has 0 radical (unpaired) electrons. The Morgan fingerprint density at radius 1 is 1.03 bits per heavy atom. The van der Waals surface area contributed by atoms with E-state index in [1.807, 2.05) is 0 Å². The second-order valence-electron chi connectivity index (χ2n) is 7.93. The summed E-state index contributed by atoms with van der Waals surface area (Å²) in [5.74, 6) is -1.72. The molecule has 2 aromatic carbocycles. The number of nitrogens with zero attached hydrogens (tertiary/aromatic N) is 5. The molecule has 0 aliphatic carbocycles. The highest BCUT2D eigenvalue weighted by Crippen LogP contribution is 2.38. The Balaban J connectivity index is 1.33. The minimum absolute atomic E-state index is 0.00237. The van der Waals surface area contributed by atoms with Crippen LogP contribution in [0, 0.1) is 11.6 Å². The van der Waals surface area contributed by atoms with Crippen LogP contribution in [0.1, 0.15) is 22.6 Å². The van der Waals surface area contributed by atoms with Crippen molar-refractivity contribution < 1.29 is 26.7 Å². The third-order valence-electron chi connectivity index (χ3n) is 5.57. The van der Waals surface area contributed by atoms with Gasteiger partial charge in [-0.2, -0.15) is 28.5 Å². The van der Waals surface area contributed by atoms with Gasteiger partial charge in [-0.1, -0.05) is 6.07 Å². The number of hydrazone groups is 1. The molecule has 5 rings (SSSR count). The van der Waals surface area contributed by atoms with Crippen LogP contribution < -0.4 is 4.74 Å². The van der Waals surface area contributed by atoms with Gasteiger partial charge in [0, 0.05) is 5.56 Å². The van der Waals surface area contributed by atoms with E-state index in [0.29, 0.717) is 17.1 Å². The molecule has 0 atom stereocenters. The number of hydrogen-bond acceptors (Lipinski definition) is 6. The van der Waals surface area contributed by atoms with Crippen LogP contribution in [0.5, 0.6) is 5.75 Å². The first-order valence-corrected chi connectivity index (χ1v) is 10.6. The molecule has 0 saturated carbocycles. The number of fused-ring (bicyclic) bond motifs is 1. The van der Waals surface area contributed by atoms with Gasteiger partial charge in [-0.15, -0.1) is 0 Å². The fourth-order valence-corrected chi connectivity index (χ4v) is 3.80. The second kappa shape index (κ2) is 9.02. The number of ether oxygens (including phenoxy) is 1. The quantitative estimate of drug-likeness (QED) is 0.382. The number of H-pyrrole nitrogens is 1. The van der Waals surface area contributed by atoms with E-state index < -0.39 is 23.4 Å². The van der Waals surface area contributed by atoms with E-state index in [-0.39, 0.29) is 41.5 Å². The molecule has 7 nitrogen and oxygen atoms in total. The van der Waals surface area contributed by atoms with Crippen molar-refractivity contribution in [3.8, 4) is 28.4 Å². The van der Waals surface area contributed by atoms with Gasteiger partial charge < -0.3 is 9.72 Å². The normalized spacial score (nSPS) is 13.1. The van der Waals surface area contributed by atoms with Crippen molar-refractivity contribution in [3.63, 3.8) is 0 Å². The Bertz CT molecular complexity index is 1450. The third-order valence-corrected chi connectivity index (χ3v) is 5.57. The highest BCUT2D eigenvalue weighted by atomic mass is 19.4. The highest BCUT2D eigenvalue weighted by Gasteiger charge is 2.34. The Hall–Kier alpha value is -4.35. The predicted molar refractivity (Wildman–Crippen MR) is 120 cm³/mol. The second-order valence-corrected chi connectivity index (χ2v) is 7.93. The van der Waals surface area contributed by atoms with Crippen molar-refractivity contribution in [1.82, 2.24) is 25.2 Å². The largest absolute Gasteiger partial charge is 0.497 e. The van der Waals surface area contributed by atoms with Crippen LogP contribution in [0.4, 0.5) is 22.0 Å². The summed E-state index contributed by atoms with van der Waals surface area (Å²) in [4.78, 5) is 7.30. The van der Waals surface area contributed by atoms with Gasteiger partial charge in [0.15, 0.2) is 11.6 Å². The predicted octanol–water partition coefficient (Wildman–Crippen LogP) is 5.19. The van der Waals surface area contributed by atoms with Crippen LogP contribution in [0.15, 0.2) is 53.6 Å². The molecule has 0 saturated heterocycles. The zero-order chi connectivity index (χ0) is 25.4. The number of rotatable bonds is 5. The van der Waals surface area contributed by atoms with Gasteiger partial charge in [-0.25, -0.2) is 13.8 Å². The minimum Gasteiger partial charge on any atom is -0.497 e. The monoisotopic (exact) mass is 500 g/mol. The first kappa shape index (κ1) is 23.4. The first-order valence-electron chi connectivity index (χ1n) is 10.6. The topological polar surface area (TPSA) is 79.3 Å². The van der Waals surface area contributed by atoms with Crippen molar-refractivity contribution >= 4 is 6.21 Å². The summed E-state index contributed by atoms with van der Waals surface area (Å²) in [5, 5.41) is 14.0. The van der Waals surface area contributed by atoms with Crippen LogP contribution in [0.3, 0.4) is 0 Å². The molecular weight excluding hydrogens is 483 g/mol. The molecule has 1 aliphatic rings. The number of imidazole rings is 1. The van der Waals surface area contributed by atoms with Crippen molar-refractivity contribution in [1.29, 1.82) is 0 Å². The van der Waals surface area contributed by atoms with Crippen LogP contribution in [0.25, 0.3) is 22.6 Å². The number of methoxy groups -OCH3 is 1. The summed E-state index contributed by atoms with van der Waals surface area (Å²) in [6.07, 6.45) is -3.09. The molecule has 184 valence electrons. The summed E-state index contributed by atoms with van der Waals surface area (Å²) in [6, 6.07) is 10.5. The third kappa shape index (κ3) is 4.49. The van der Waals surface area contributed by atoms with Crippen LogP contribution in [0.2, 0.25) is 0 Å². The maximum atomic E-state index is 14.1. The van der Waals surface area contributed by atoms with Crippen molar-refractivity contribution in [2.75, 3.05) is 7.11 Å². The van der Waals surface area contributed by atoms with Gasteiger partial charge in [0.05, 0.1) is 60.3 Å². The SMILES string of the molecule is COc1ccc(-c2ccc(CN3Cc4nc(-c5cccc(F)c5F)[nH]c4C=N3)nn2)c(C(F)(F)F)c1. The van der Waals surface area contributed by atoms with Crippen molar-refractivity contribution in [2.24, 2.45) is 5.10 Å². The molecule has 1 N–H and O–H groups in total. The number of aromatic amines is 1. The van der Waals surface area contributed by atoms with E-state index in [9.17, 15) is 22.0 Å². The van der Waals surface area contributed by atoms with Crippen molar-refractivity contribution in [2.45, 2.75) is 19.3 Å². The molecule has 3 heterocycles. The van der Waals surface area contributed by atoms with Crippen LogP contribution >= 0.6 is 0 Å². The fraction of sp³-hybridized carbons (Fsp3) is 0.167. The van der Waals surface area contributed by atoms with Gasteiger partial charge in [-0.3, -0.25) is 5.01 Å². The van der Waals surface area contributed by atoms with Gasteiger partial charge in [0.25, 0.3) is 0 Å². The summed E-state index contributed by atoms with van der Waals surface area (Å²) >= 11 is 0. The molecule has 0 fully saturated rings. The van der Waals surface area contributed by atoms with E-state index in [1.165, 1.54) is 43.7 Å². The maximum Gasteiger partial charge on any atom is 0.417 e. The maximum absolute atomic E-state index is 14.1. The van der Waals surface area contributed by atoms with Crippen LogP contribution in [-0.4, -0.2) is 38.5 Å². The minimum atomic E-state index is -4.60. The summed E-state index contributed by atoms with van der Waals surface area (Å²) in [5.41, 5.74) is 0.674. The molecule has 36 heavy (non-hydrogen) atoms. The smallest absolute Gasteiger partial charge is 0.417 e. The molecule has 0 spiro atoms. The van der Waals surface area contributed by atoms with E-state index in [1.54, 1.807) is 11.1 Å².